The summed E-state index contributed by atoms with van der Waals surface area (Å²) in [6.07, 6.45) is 0. The number of aliphatic imine (C=N–C) groups is 1. The second kappa shape index (κ2) is 2.64. The highest BCUT2D eigenvalue weighted by Gasteiger charge is 2.37. The van der Waals surface area contributed by atoms with E-state index in [9.17, 15) is 4.79 Å². The minimum absolute atomic E-state index is 0.0960. The highest BCUT2D eigenvalue weighted by atomic mass is 16.2. The Labute approximate surface area is 67.1 Å². The van der Waals surface area contributed by atoms with Crippen LogP contribution in [0.15, 0.2) is 4.99 Å². The molecule has 3 heteroatoms. The minimum atomic E-state index is 0.0960. The van der Waals surface area contributed by atoms with Gasteiger partial charge in [0.2, 0.25) is 5.91 Å². The Balaban J connectivity index is 2.95. The van der Waals surface area contributed by atoms with Crippen molar-refractivity contribution >= 4 is 11.7 Å². The molecular weight excluding hydrogens is 140 g/mol. The van der Waals surface area contributed by atoms with E-state index in [0.717, 1.165) is 5.84 Å². The molecule has 62 valence electrons. The van der Waals surface area contributed by atoms with Crippen LogP contribution in [-0.2, 0) is 4.79 Å². The summed E-state index contributed by atoms with van der Waals surface area (Å²) in [5.41, 5.74) is 0. The van der Waals surface area contributed by atoms with Crippen molar-refractivity contribution in [3.8, 4) is 0 Å². The predicted molar refractivity (Wildman–Crippen MR) is 44.5 cm³/mol. The molecule has 1 aliphatic heterocycles. The molecule has 0 N–H and O–H groups in total. The highest BCUT2D eigenvalue weighted by molar-refractivity contribution is 6.06. The third-order valence-corrected chi connectivity index (χ3v) is 2.45. The molecule has 0 aromatic carbocycles. The molecule has 0 spiro atoms. The number of hydrogen-bond acceptors (Lipinski definition) is 2. The van der Waals surface area contributed by atoms with Crippen molar-refractivity contribution < 1.29 is 4.79 Å². The van der Waals surface area contributed by atoms with Crippen molar-refractivity contribution in [3.63, 3.8) is 0 Å². The highest BCUT2D eigenvalue weighted by Crippen LogP contribution is 2.24. The normalized spacial score (nSPS) is 35.5. The Hall–Kier alpha value is -0.860. The molecule has 0 radical (unpaired) electrons. The first-order valence-electron chi connectivity index (χ1n) is 3.83. The maximum atomic E-state index is 11.3. The van der Waals surface area contributed by atoms with Gasteiger partial charge in [0.1, 0.15) is 5.84 Å². The molecule has 1 fully saturated rings. The molecule has 2 unspecified atom stereocenters. The molecule has 1 heterocycles. The molecule has 0 saturated carbocycles. The van der Waals surface area contributed by atoms with Crippen molar-refractivity contribution in [2.45, 2.75) is 13.8 Å². The Morgan fingerprint density at radius 3 is 2.09 bits per heavy atom. The third kappa shape index (κ3) is 1.04. The van der Waals surface area contributed by atoms with Gasteiger partial charge in [-0.25, -0.2) is 0 Å². The average molecular weight is 154 g/mol. The lowest BCUT2D eigenvalue weighted by Crippen LogP contribution is -2.26. The summed E-state index contributed by atoms with van der Waals surface area (Å²) in [4.78, 5) is 17.1. The van der Waals surface area contributed by atoms with Crippen molar-refractivity contribution in [2.75, 3.05) is 14.1 Å². The lowest BCUT2D eigenvalue weighted by Gasteiger charge is -2.09. The van der Waals surface area contributed by atoms with Gasteiger partial charge in [0.05, 0.1) is 0 Å². The van der Waals surface area contributed by atoms with Crippen molar-refractivity contribution in [2.24, 2.45) is 16.8 Å². The van der Waals surface area contributed by atoms with Crippen LogP contribution in [0.5, 0.6) is 0 Å². The van der Waals surface area contributed by atoms with Gasteiger partial charge >= 0.3 is 0 Å². The van der Waals surface area contributed by atoms with Crippen LogP contribution in [-0.4, -0.2) is 30.7 Å². The number of amides is 1. The first kappa shape index (κ1) is 8.24. The lowest BCUT2D eigenvalue weighted by molar-refractivity contribution is -0.128. The van der Waals surface area contributed by atoms with Crippen molar-refractivity contribution in [1.82, 2.24) is 4.90 Å². The van der Waals surface area contributed by atoms with Gasteiger partial charge in [-0.3, -0.25) is 9.79 Å². The summed E-state index contributed by atoms with van der Waals surface area (Å²) in [5.74, 6) is 1.46. The monoisotopic (exact) mass is 154 g/mol. The maximum absolute atomic E-state index is 11.3. The van der Waals surface area contributed by atoms with Crippen LogP contribution in [0.4, 0.5) is 0 Å². The number of amidine groups is 1. The molecule has 1 saturated heterocycles. The molecule has 0 aromatic rings. The number of likely N-dealkylation sites (tertiary alicyclic amines) is 1. The SMILES string of the molecule is CN=C1C(C)C(C)C(=O)N1C. The maximum Gasteiger partial charge on any atom is 0.231 e. The van der Waals surface area contributed by atoms with Gasteiger partial charge in [0.25, 0.3) is 0 Å². The number of nitrogens with zero attached hydrogens (tertiary/aromatic N) is 2. The molecule has 3 nitrogen and oxygen atoms in total. The minimum Gasteiger partial charge on any atom is -0.303 e. The summed E-state index contributed by atoms with van der Waals surface area (Å²) in [6, 6.07) is 0. The van der Waals surface area contributed by atoms with Crippen LogP contribution >= 0.6 is 0 Å². The van der Waals surface area contributed by atoms with E-state index in [4.69, 9.17) is 0 Å². The zero-order valence-corrected chi connectivity index (χ0v) is 7.46. The summed E-state index contributed by atoms with van der Waals surface area (Å²) >= 11 is 0. The van der Waals surface area contributed by atoms with E-state index in [0.29, 0.717) is 0 Å². The average Bonchev–Trinajstić information content (AvgIpc) is 2.17. The van der Waals surface area contributed by atoms with Gasteiger partial charge in [-0.05, 0) is 0 Å². The fraction of sp³-hybridized carbons (Fsp3) is 0.750. The van der Waals surface area contributed by atoms with E-state index >= 15 is 0 Å². The fourth-order valence-electron chi connectivity index (χ4n) is 1.51. The van der Waals surface area contributed by atoms with E-state index in [1.165, 1.54) is 0 Å². The second-order valence-electron chi connectivity index (χ2n) is 3.06. The number of carbonyl (C=O) groups excluding carboxylic acids is 1. The summed E-state index contributed by atoms with van der Waals surface area (Å²) < 4.78 is 0. The summed E-state index contributed by atoms with van der Waals surface area (Å²) in [7, 11) is 3.51. The fourth-order valence-corrected chi connectivity index (χ4v) is 1.51. The first-order valence-corrected chi connectivity index (χ1v) is 3.83. The molecule has 1 amide bonds. The summed E-state index contributed by atoms with van der Waals surface area (Å²) in [6.45, 7) is 3.98. The predicted octanol–water partition coefficient (Wildman–Crippen LogP) is 0.759. The van der Waals surface area contributed by atoms with Gasteiger partial charge in [-0.2, -0.15) is 0 Å². The van der Waals surface area contributed by atoms with E-state index in [2.05, 4.69) is 4.99 Å². The van der Waals surface area contributed by atoms with Crippen LogP contribution < -0.4 is 0 Å². The zero-order valence-electron chi connectivity index (χ0n) is 7.46. The lowest BCUT2D eigenvalue weighted by atomic mass is 9.99. The summed E-state index contributed by atoms with van der Waals surface area (Å²) in [5, 5.41) is 0. The number of carbonyl (C=O) groups is 1. The van der Waals surface area contributed by atoms with E-state index in [1.54, 1.807) is 19.0 Å². The van der Waals surface area contributed by atoms with E-state index in [1.807, 2.05) is 13.8 Å². The molecule has 11 heavy (non-hydrogen) atoms. The molecule has 2 atom stereocenters. The molecule has 0 aromatic heterocycles. The first-order chi connectivity index (χ1) is 5.09. The largest absolute Gasteiger partial charge is 0.303 e. The zero-order chi connectivity index (χ0) is 8.59. The smallest absolute Gasteiger partial charge is 0.231 e. The Morgan fingerprint density at radius 2 is 1.91 bits per heavy atom. The van der Waals surface area contributed by atoms with Crippen molar-refractivity contribution in [3.05, 3.63) is 0 Å². The molecule has 0 bridgehead atoms. The van der Waals surface area contributed by atoms with Crippen LogP contribution in [0.2, 0.25) is 0 Å². The molecule has 1 aliphatic rings. The standard InChI is InChI=1S/C8H14N2O/c1-5-6(2)8(11)10(4)7(5)9-3/h5-6H,1-4H3. The molecular formula is C8H14N2O. The topological polar surface area (TPSA) is 32.7 Å². The van der Waals surface area contributed by atoms with Crippen molar-refractivity contribution in [1.29, 1.82) is 0 Å². The van der Waals surface area contributed by atoms with Crippen LogP contribution in [0.25, 0.3) is 0 Å². The molecule has 1 rings (SSSR count). The number of rotatable bonds is 0. The van der Waals surface area contributed by atoms with Gasteiger partial charge in [-0.15, -0.1) is 0 Å². The second-order valence-corrected chi connectivity index (χ2v) is 3.06. The van der Waals surface area contributed by atoms with Gasteiger partial charge in [0.15, 0.2) is 0 Å². The van der Waals surface area contributed by atoms with Crippen LogP contribution in [0.3, 0.4) is 0 Å². The molecule has 0 aliphatic carbocycles. The van der Waals surface area contributed by atoms with E-state index < -0.39 is 0 Å². The Morgan fingerprint density at radius 1 is 1.36 bits per heavy atom. The Kier molecular flexibility index (Phi) is 1.98. The van der Waals surface area contributed by atoms with Crippen LogP contribution in [0.1, 0.15) is 13.8 Å². The van der Waals surface area contributed by atoms with Gasteiger partial charge in [-0.1, -0.05) is 13.8 Å². The third-order valence-electron chi connectivity index (χ3n) is 2.45. The van der Waals surface area contributed by atoms with Gasteiger partial charge in [0, 0.05) is 25.9 Å². The van der Waals surface area contributed by atoms with E-state index in [-0.39, 0.29) is 17.7 Å². The number of hydrogen-bond donors (Lipinski definition) is 0. The van der Waals surface area contributed by atoms with Gasteiger partial charge < -0.3 is 4.90 Å². The Bertz CT molecular complexity index is 210. The quantitative estimate of drug-likeness (QED) is 0.507. The van der Waals surface area contributed by atoms with Crippen LogP contribution in [0, 0.1) is 11.8 Å².